The highest BCUT2D eigenvalue weighted by molar-refractivity contribution is 5.66. The first-order chi connectivity index (χ1) is 6.50. The number of aliphatic carboxylic acids is 1. The molecule has 3 heteroatoms. The van der Waals surface area contributed by atoms with Crippen molar-refractivity contribution in [2.24, 2.45) is 11.8 Å². The molecule has 1 saturated heterocycles. The lowest BCUT2D eigenvalue weighted by Crippen LogP contribution is -2.46. The molecule has 1 aliphatic rings. The van der Waals surface area contributed by atoms with Gasteiger partial charge in [0.25, 0.3) is 0 Å². The highest BCUT2D eigenvalue weighted by Gasteiger charge is 2.28. The SMILES string of the molecule is CC1CC(C)C(C)N(CCC(=O)O)C1. The molecule has 1 rings (SSSR count). The van der Waals surface area contributed by atoms with E-state index in [9.17, 15) is 4.79 Å². The third-order valence-corrected chi connectivity index (χ3v) is 3.33. The molecule has 14 heavy (non-hydrogen) atoms. The fraction of sp³-hybridized carbons (Fsp3) is 0.909. The molecular weight excluding hydrogens is 178 g/mol. The van der Waals surface area contributed by atoms with Gasteiger partial charge in [0.05, 0.1) is 6.42 Å². The van der Waals surface area contributed by atoms with Gasteiger partial charge in [0, 0.05) is 19.1 Å². The van der Waals surface area contributed by atoms with Gasteiger partial charge in [0.15, 0.2) is 0 Å². The van der Waals surface area contributed by atoms with Crippen molar-refractivity contribution in [3.8, 4) is 0 Å². The van der Waals surface area contributed by atoms with E-state index in [-0.39, 0.29) is 6.42 Å². The maximum atomic E-state index is 10.5. The quantitative estimate of drug-likeness (QED) is 0.754. The van der Waals surface area contributed by atoms with Gasteiger partial charge in [-0.25, -0.2) is 0 Å². The normalized spacial score (nSPS) is 34.4. The summed E-state index contributed by atoms with van der Waals surface area (Å²) < 4.78 is 0. The number of hydrogen-bond donors (Lipinski definition) is 1. The third kappa shape index (κ3) is 2.98. The van der Waals surface area contributed by atoms with E-state index in [1.165, 1.54) is 6.42 Å². The summed E-state index contributed by atoms with van der Waals surface area (Å²) in [7, 11) is 0. The summed E-state index contributed by atoms with van der Waals surface area (Å²) in [5.74, 6) is 0.700. The van der Waals surface area contributed by atoms with Crippen molar-refractivity contribution in [2.75, 3.05) is 13.1 Å². The zero-order chi connectivity index (χ0) is 10.7. The Kier molecular flexibility index (Phi) is 3.93. The topological polar surface area (TPSA) is 40.5 Å². The molecule has 0 amide bonds. The first-order valence-corrected chi connectivity index (χ1v) is 5.46. The van der Waals surface area contributed by atoms with Gasteiger partial charge in [0.1, 0.15) is 0 Å². The summed E-state index contributed by atoms with van der Waals surface area (Å²) in [4.78, 5) is 12.8. The standard InChI is InChI=1S/C11H21NO2/c1-8-6-9(2)10(3)12(7-8)5-4-11(13)14/h8-10H,4-7H2,1-3H3,(H,13,14). The van der Waals surface area contributed by atoms with E-state index in [0.29, 0.717) is 24.4 Å². The van der Waals surface area contributed by atoms with Gasteiger partial charge in [0.2, 0.25) is 0 Å². The molecule has 3 unspecified atom stereocenters. The van der Waals surface area contributed by atoms with Crippen molar-refractivity contribution >= 4 is 5.97 Å². The van der Waals surface area contributed by atoms with E-state index in [0.717, 1.165) is 6.54 Å². The van der Waals surface area contributed by atoms with E-state index in [1.807, 2.05) is 0 Å². The van der Waals surface area contributed by atoms with Crippen molar-refractivity contribution < 1.29 is 9.90 Å². The molecule has 0 bridgehead atoms. The minimum absolute atomic E-state index is 0.268. The van der Waals surface area contributed by atoms with Crippen LogP contribution < -0.4 is 0 Å². The summed E-state index contributed by atoms with van der Waals surface area (Å²) >= 11 is 0. The number of rotatable bonds is 3. The monoisotopic (exact) mass is 199 g/mol. The summed E-state index contributed by atoms with van der Waals surface area (Å²) in [6, 6.07) is 0.533. The number of hydrogen-bond acceptors (Lipinski definition) is 2. The van der Waals surface area contributed by atoms with E-state index < -0.39 is 5.97 Å². The Bertz CT molecular complexity index is 205. The average Bonchev–Trinajstić information content (AvgIpc) is 2.08. The first kappa shape index (κ1) is 11.5. The summed E-state index contributed by atoms with van der Waals surface area (Å²) in [6.45, 7) is 8.46. The molecule has 0 spiro atoms. The number of carbonyl (C=O) groups is 1. The van der Waals surface area contributed by atoms with Crippen LogP contribution in [0.5, 0.6) is 0 Å². The van der Waals surface area contributed by atoms with Crippen LogP contribution in [0, 0.1) is 11.8 Å². The number of likely N-dealkylation sites (tertiary alicyclic amines) is 1. The van der Waals surface area contributed by atoms with Crippen LogP contribution in [0.4, 0.5) is 0 Å². The van der Waals surface area contributed by atoms with Gasteiger partial charge in [-0.15, -0.1) is 0 Å². The van der Waals surface area contributed by atoms with Gasteiger partial charge in [-0.3, -0.25) is 9.69 Å². The lowest BCUT2D eigenvalue weighted by atomic mass is 9.86. The molecule has 0 saturated carbocycles. The number of piperidine rings is 1. The summed E-state index contributed by atoms with van der Waals surface area (Å²) in [6.07, 6.45) is 1.54. The molecular formula is C11H21NO2. The van der Waals surface area contributed by atoms with E-state index in [4.69, 9.17) is 5.11 Å². The van der Waals surface area contributed by atoms with Crippen molar-refractivity contribution in [3.63, 3.8) is 0 Å². The zero-order valence-electron chi connectivity index (χ0n) is 9.36. The minimum atomic E-state index is -0.692. The van der Waals surface area contributed by atoms with Crippen LogP contribution in [0.1, 0.15) is 33.6 Å². The molecule has 3 atom stereocenters. The second-order valence-corrected chi connectivity index (χ2v) is 4.70. The molecule has 3 nitrogen and oxygen atoms in total. The lowest BCUT2D eigenvalue weighted by Gasteiger charge is -2.40. The van der Waals surface area contributed by atoms with Crippen molar-refractivity contribution in [2.45, 2.75) is 39.7 Å². The van der Waals surface area contributed by atoms with E-state index in [1.54, 1.807) is 0 Å². The largest absolute Gasteiger partial charge is 0.481 e. The van der Waals surface area contributed by atoms with Crippen LogP contribution in [-0.2, 0) is 4.79 Å². The van der Waals surface area contributed by atoms with Crippen LogP contribution >= 0.6 is 0 Å². The van der Waals surface area contributed by atoms with Gasteiger partial charge < -0.3 is 5.11 Å². The Morgan fingerprint density at radius 2 is 2.07 bits per heavy atom. The Labute approximate surface area is 86.1 Å². The molecule has 1 fully saturated rings. The van der Waals surface area contributed by atoms with Gasteiger partial charge in [-0.1, -0.05) is 13.8 Å². The van der Waals surface area contributed by atoms with Gasteiger partial charge >= 0.3 is 5.97 Å². The predicted octanol–water partition coefficient (Wildman–Crippen LogP) is 1.83. The molecule has 1 aliphatic heterocycles. The van der Waals surface area contributed by atoms with Crippen LogP contribution in [0.3, 0.4) is 0 Å². The molecule has 1 heterocycles. The Morgan fingerprint density at radius 3 is 2.64 bits per heavy atom. The smallest absolute Gasteiger partial charge is 0.304 e. The Morgan fingerprint density at radius 1 is 1.43 bits per heavy atom. The third-order valence-electron chi connectivity index (χ3n) is 3.33. The Hall–Kier alpha value is -0.570. The minimum Gasteiger partial charge on any atom is -0.481 e. The molecule has 0 aliphatic carbocycles. The maximum absolute atomic E-state index is 10.5. The predicted molar refractivity (Wildman–Crippen MR) is 56.2 cm³/mol. The van der Waals surface area contributed by atoms with E-state index in [2.05, 4.69) is 25.7 Å². The first-order valence-electron chi connectivity index (χ1n) is 5.46. The summed E-state index contributed by atoms with van der Waals surface area (Å²) in [5.41, 5.74) is 0. The van der Waals surface area contributed by atoms with Crippen molar-refractivity contribution in [1.29, 1.82) is 0 Å². The fourth-order valence-corrected chi connectivity index (χ4v) is 2.37. The second kappa shape index (κ2) is 4.78. The zero-order valence-corrected chi connectivity index (χ0v) is 9.36. The van der Waals surface area contributed by atoms with Gasteiger partial charge in [-0.05, 0) is 25.2 Å². The van der Waals surface area contributed by atoms with Crippen LogP contribution in [0.2, 0.25) is 0 Å². The summed E-state index contributed by atoms with van der Waals surface area (Å²) in [5, 5.41) is 8.64. The fourth-order valence-electron chi connectivity index (χ4n) is 2.37. The van der Waals surface area contributed by atoms with E-state index >= 15 is 0 Å². The van der Waals surface area contributed by atoms with Gasteiger partial charge in [-0.2, -0.15) is 0 Å². The number of carboxylic acids is 1. The van der Waals surface area contributed by atoms with Crippen LogP contribution in [0.15, 0.2) is 0 Å². The molecule has 0 aromatic heterocycles. The van der Waals surface area contributed by atoms with Crippen molar-refractivity contribution in [1.82, 2.24) is 4.90 Å². The van der Waals surface area contributed by atoms with Crippen LogP contribution in [-0.4, -0.2) is 35.1 Å². The molecule has 0 aromatic rings. The average molecular weight is 199 g/mol. The van der Waals surface area contributed by atoms with Crippen molar-refractivity contribution in [3.05, 3.63) is 0 Å². The second-order valence-electron chi connectivity index (χ2n) is 4.70. The molecule has 1 N–H and O–H groups in total. The van der Waals surface area contributed by atoms with Crippen LogP contribution in [0.25, 0.3) is 0 Å². The highest BCUT2D eigenvalue weighted by atomic mass is 16.4. The number of carboxylic acid groups (broad SMARTS) is 1. The maximum Gasteiger partial charge on any atom is 0.304 e. The molecule has 82 valence electrons. The Balaban J connectivity index is 2.45. The number of nitrogens with zero attached hydrogens (tertiary/aromatic N) is 1. The molecule has 0 radical (unpaired) electrons. The molecule has 0 aromatic carbocycles. The highest BCUT2D eigenvalue weighted by Crippen LogP contribution is 2.26. The lowest BCUT2D eigenvalue weighted by molar-refractivity contribution is -0.137.